The molecule has 388 valence electrons. The van der Waals surface area contributed by atoms with Crippen molar-refractivity contribution in [3.8, 4) is 22.5 Å². The molecule has 0 spiro atoms. The Morgan fingerprint density at radius 3 is 1.31 bits per heavy atom. The maximum Gasteiger partial charge on any atom is 0.433 e. The van der Waals surface area contributed by atoms with Crippen LogP contribution in [0.3, 0.4) is 0 Å². The molecule has 24 heteroatoms. The van der Waals surface area contributed by atoms with Gasteiger partial charge in [0.1, 0.15) is 34.7 Å². The lowest BCUT2D eigenvalue weighted by molar-refractivity contribution is -0.141. The second kappa shape index (κ2) is 22.1. The summed E-state index contributed by atoms with van der Waals surface area (Å²) in [6.07, 6.45) is -8.53. The molecule has 2 aliphatic heterocycles. The fraction of sp³-hybridized carbons (Fsp3) is 0.458. The average Bonchev–Trinajstić information content (AvgIpc) is 3.88. The molecule has 4 aromatic rings. The van der Waals surface area contributed by atoms with Gasteiger partial charge in [-0.3, -0.25) is 44.1 Å². The molecule has 0 aromatic carbocycles. The molecule has 0 unspecified atom stereocenters. The molecule has 6 heterocycles. The van der Waals surface area contributed by atoms with E-state index in [1.807, 2.05) is 0 Å². The first-order valence-electron chi connectivity index (χ1n) is 22.3. The number of Topliss-reactive ketones (excluding diaryl/α,β-unsaturated/α-hetero) is 2. The quantitative estimate of drug-likeness (QED) is 0.106. The summed E-state index contributed by atoms with van der Waals surface area (Å²) in [6.45, 7) is 10.4. The number of aromatic carboxylic acids is 1. The third-order valence-electron chi connectivity index (χ3n) is 11.1. The molecular weight excluding hydrogens is 965 g/mol. The number of carbonyl (C=O) groups is 6. The first-order valence-corrected chi connectivity index (χ1v) is 22.3. The van der Waals surface area contributed by atoms with Crippen molar-refractivity contribution in [2.24, 2.45) is 5.73 Å². The predicted octanol–water partition coefficient (Wildman–Crippen LogP) is 6.87. The molecule has 0 aliphatic carbocycles. The number of aliphatic hydroxyl groups excluding tert-OH is 2. The molecular formula is C48H53F6N7O11. The van der Waals surface area contributed by atoms with Gasteiger partial charge in [0.15, 0.2) is 11.6 Å². The first kappa shape index (κ1) is 55.8. The fourth-order valence-corrected chi connectivity index (χ4v) is 7.76. The van der Waals surface area contributed by atoms with Crippen LogP contribution in [0, 0.1) is 0 Å². The summed E-state index contributed by atoms with van der Waals surface area (Å²) in [5, 5.41) is 30.2. The van der Waals surface area contributed by atoms with Crippen molar-refractivity contribution < 1.29 is 79.9 Å². The number of carbonyl (C=O) groups excluding carboxylic acids is 5. The number of alkyl halides is 6. The highest BCUT2D eigenvalue weighted by atomic mass is 19.4. The van der Waals surface area contributed by atoms with Crippen molar-refractivity contribution >= 4 is 35.6 Å². The standard InChI is InChI=1S/C24H27F3N4O5.C24H26F3N3O6/c1-23(2,3)36-22(35)31-9-8-18(33)20(31)17(32)6-4-13-10-16(29-12-15(13)21(28)34)14-5-7-19(30-11-14)24(25,26)27;1-23(2,3)36-22(35)30-9-8-18(32)20(30)17(31)6-4-13-10-16(28-12-15(13)21(33)34)14-5-7-19(29-11-14)24(25,26)27/h5,7,10-12,18,20,33H,4,6,8-9H2,1-3H3,(H2,28,34);5,7,10-12,18,20,32H,4,6,8-9H2,1-3H3,(H,33,34)/t2*18-,20-/m11/s1. The second-order valence-corrected chi connectivity index (χ2v) is 18.9. The summed E-state index contributed by atoms with van der Waals surface area (Å²) in [5.41, 5.74) is 3.06. The Labute approximate surface area is 408 Å². The van der Waals surface area contributed by atoms with Crippen LogP contribution >= 0.6 is 0 Å². The van der Waals surface area contributed by atoms with Crippen molar-refractivity contribution in [3.05, 3.63) is 94.8 Å². The smallest absolute Gasteiger partial charge is 0.433 e. The zero-order chi connectivity index (χ0) is 53.7. The highest BCUT2D eigenvalue weighted by Gasteiger charge is 2.44. The van der Waals surface area contributed by atoms with Gasteiger partial charge in [0.2, 0.25) is 0 Å². The van der Waals surface area contributed by atoms with Gasteiger partial charge in [0.25, 0.3) is 5.91 Å². The molecule has 2 saturated heterocycles. The van der Waals surface area contributed by atoms with E-state index in [-0.39, 0.29) is 90.8 Å². The number of hydrogen-bond donors (Lipinski definition) is 4. The Balaban J connectivity index is 0.000000267. The van der Waals surface area contributed by atoms with Crippen LogP contribution in [-0.2, 0) is 44.3 Å². The van der Waals surface area contributed by atoms with E-state index >= 15 is 0 Å². The van der Waals surface area contributed by atoms with Crippen LogP contribution in [0.4, 0.5) is 35.9 Å². The Hall–Kier alpha value is -7.08. The normalized spacial score (nSPS) is 18.2. The fourth-order valence-electron chi connectivity index (χ4n) is 7.76. The number of primary amides is 1. The molecule has 6 rings (SSSR count). The monoisotopic (exact) mass is 1020 g/mol. The van der Waals surface area contributed by atoms with Crippen LogP contribution in [0.1, 0.15) is 110 Å². The number of ether oxygens (including phenoxy) is 2. The predicted molar refractivity (Wildman–Crippen MR) is 242 cm³/mol. The number of hydrogen-bond acceptors (Lipinski definition) is 14. The van der Waals surface area contributed by atoms with Gasteiger partial charge in [0.05, 0.1) is 34.7 Å². The van der Waals surface area contributed by atoms with E-state index in [2.05, 4.69) is 19.9 Å². The lowest BCUT2D eigenvalue weighted by Gasteiger charge is -2.28. The summed E-state index contributed by atoms with van der Waals surface area (Å²) >= 11 is 0. The number of carboxylic acid groups (broad SMARTS) is 1. The molecule has 0 radical (unpaired) electrons. The Morgan fingerprint density at radius 2 is 0.986 bits per heavy atom. The van der Waals surface area contributed by atoms with Gasteiger partial charge in [-0.1, -0.05) is 0 Å². The zero-order valence-electron chi connectivity index (χ0n) is 39.9. The van der Waals surface area contributed by atoms with Crippen molar-refractivity contribution in [2.75, 3.05) is 13.1 Å². The van der Waals surface area contributed by atoms with Crippen molar-refractivity contribution in [3.63, 3.8) is 0 Å². The van der Waals surface area contributed by atoms with Gasteiger partial charge in [-0.05, 0) is 115 Å². The summed E-state index contributed by atoms with van der Waals surface area (Å²) in [4.78, 5) is 91.9. The number of ketones is 2. The van der Waals surface area contributed by atoms with Crippen molar-refractivity contribution in [1.82, 2.24) is 29.7 Å². The molecule has 0 saturated carbocycles. The SMILES string of the molecule is CC(C)(C)OC(=O)N1CC[C@@H](O)[C@H]1C(=O)CCc1cc(-c2ccc(C(F)(F)F)nc2)ncc1C(=O)O.CC(C)(C)OC(=O)N1CC[C@@H](O)[C@H]1C(=O)CCc1cc(-c2ccc(C(F)(F)F)nc2)ncc1C(N)=O. The minimum absolute atomic E-state index is 0.0199. The molecule has 2 fully saturated rings. The highest BCUT2D eigenvalue weighted by molar-refractivity contribution is 5.95. The van der Waals surface area contributed by atoms with Crippen LogP contribution in [0.5, 0.6) is 0 Å². The third-order valence-corrected chi connectivity index (χ3v) is 11.1. The summed E-state index contributed by atoms with van der Waals surface area (Å²) in [5.74, 6) is -3.00. The minimum Gasteiger partial charge on any atom is -0.478 e. The van der Waals surface area contributed by atoms with Crippen LogP contribution in [0.15, 0.2) is 61.2 Å². The van der Waals surface area contributed by atoms with Crippen molar-refractivity contribution in [2.45, 2.75) is 128 Å². The third kappa shape index (κ3) is 14.5. The van der Waals surface area contributed by atoms with Crippen LogP contribution < -0.4 is 5.73 Å². The second-order valence-electron chi connectivity index (χ2n) is 18.9. The Morgan fingerprint density at radius 1 is 0.611 bits per heavy atom. The Kier molecular flexibility index (Phi) is 17.2. The van der Waals surface area contributed by atoms with Gasteiger partial charge in [-0.25, -0.2) is 14.4 Å². The van der Waals surface area contributed by atoms with Gasteiger partial charge in [-0.15, -0.1) is 0 Å². The Bertz CT molecular complexity index is 2470. The zero-order valence-corrected chi connectivity index (χ0v) is 39.9. The van der Waals surface area contributed by atoms with Gasteiger partial charge < -0.3 is 30.5 Å². The summed E-state index contributed by atoms with van der Waals surface area (Å²) in [6, 6.07) is 4.57. The number of pyridine rings is 4. The number of nitrogens with two attached hydrogens (primary N) is 1. The lowest BCUT2D eigenvalue weighted by atomic mass is 9.97. The minimum atomic E-state index is -4.61. The molecule has 4 aromatic heterocycles. The highest BCUT2D eigenvalue weighted by Crippen LogP contribution is 2.32. The number of likely N-dealkylation sites (tertiary alicyclic amines) is 2. The summed E-state index contributed by atoms with van der Waals surface area (Å²) in [7, 11) is 0. The van der Waals surface area contributed by atoms with Crippen LogP contribution in [-0.4, -0.2) is 129 Å². The van der Waals surface area contributed by atoms with E-state index in [4.69, 9.17) is 15.2 Å². The molecule has 4 atom stereocenters. The number of aliphatic hydroxyl groups is 2. The number of halogens is 6. The largest absolute Gasteiger partial charge is 0.478 e. The number of carboxylic acids is 1. The topological polar surface area (TPSA) is 266 Å². The van der Waals surface area contributed by atoms with E-state index in [1.54, 1.807) is 41.5 Å². The number of aromatic nitrogens is 4. The van der Waals surface area contributed by atoms with E-state index in [0.29, 0.717) is 5.56 Å². The number of rotatable bonds is 12. The maximum absolute atomic E-state index is 13.0. The lowest BCUT2D eigenvalue weighted by Crippen LogP contribution is -2.47. The first-order chi connectivity index (χ1) is 33.3. The number of amides is 3. The number of aryl methyl sites for hydroxylation is 2. The van der Waals surface area contributed by atoms with E-state index in [9.17, 15) is 70.4 Å². The maximum atomic E-state index is 13.0. The van der Waals surface area contributed by atoms with Gasteiger partial charge >= 0.3 is 30.5 Å². The molecule has 0 bridgehead atoms. The molecule has 3 amide bonds. The van der Waals surface area contributed by atoms with Crippen LogP contribution in [0.25, 0.3) is 22.5 Å². The van der Waals surface area contributed by atoms with E-state index in [0.717, 1.165) is 30.7 Å². The van der Waals surface area contributed by atoms with Gasteiger partial charge in [0, 0.05) is 61.8 Å². The molecule has 18 nitrogen and oxygen atoms in total. The summed E-state index contributed by atoms with van der Waals surface area (Å²) < 4.78 is 87.5. The van der Waals surface area contributed by atoms with Crippen LogP contribution in [0.2, 0.25) is 0 Å². The molecule has 2 aliphatic rings. The molecule has 72 heavy (non-hydrogen) atoms. The van der Waals surface area contributed by atoms with Crippen molar-refractivity contribution in [1.29, 1.82) is 0 Å². The number of nitrogens with zero attached hydrogens (tertiary/aromatic N) is 6. The van der Waals surface area contributed by atoms with Gasteiger partial charge in [-0.2, -0.15) is 26.3 Å². The molecule has 5 N–H and O–H groups in total. The average molecular weight is 1020 g/mol. The van der Waals surface area contributed by atoms with E-state index in [1.165, 1.54) is 40.3 Å². The van der Waals surface area contributed by atoms with E-state index < -0.39 is 94.9 Å².